The molecule has 1 aromatic heterocycles. The summed E-state index contributed by atoms with van der Waals surface area (Å²) < 4.78 is 27.5. The van der Waals surface area contributed by atoms with Crippen LogP contribution in [-0.2, 0) is 14.8 Å². The van der Waals surface area contributed by atoms with Gasteiger partial charge in [-0.15, -0.1) is 0 Å². The molecular formula is C15H19N3O4S. The number of hydrogen-bond acceptors (Lipinski definition) is 4. The molecule has 1 atom stereocenters. The number of sulfonamides is 1. The van der Waals surface area contributed by atoms with Gasteiger partial charge in [0.2, 0.25) is 10.0 Å². The third-order valence-electron chi connectivity index (χ3n) is 3.63. The summed E-state index contributed by atoms with van der Waals surface area (Å²) in [5.41, 5.74) is 2.61. The van der Waals surface area contributed by atoms with Gasteiger partial charge >= 0.3 is 5.97 Å². The van der Waals surface area contributed by atoms with E-state index in [1.165, 1.54) is 6.07 Å². The average molecular weight is 337 g/mol. The lowest BCUT2D eigenvalue weighted by Gasteiger charge is -2.17. The predicted octanol–water partition coefficient (Wildman–Crippen LogP) is 1.75. The zero-order valence-electron chi connectivity index (χ0n) is 13.3. The summed E-state index contributed by atoms with van der Waals surface area (Å²) >= 11 is 0. The first-order chi connectivity index (χ1) is 10.6. The van der Waals surface area contributed by atoms with Crippen molar-refractivity contribution in [3.63, 3.8) is 0 Å². The van der Waals surface area contributed by atoms with E-state index in [0.29, 0.717) is 22.5 Å². The fourth-order valence-corrected chi connectivity index (χ4v) is 3.92. The van der Waals surface area contributed by atoms with Crippen molar-refractivity contribution in [2.45, 2.75) is 38.6 Å². The molecule has 0 spiro atoms. The van der Waals surface area contributed by atoms with Gasteiger partial charge in [-0.2, -0.15) is 9.82 Å². The normalized spacial score (nSPS) is 13.0. The lowest BCUT2D eigenvalue weighted by molar-refractivity contribution is -0.139. The molecule has 2 aromatic rings. The lowest BCUT2D eigenvalue weighted by atomic mass is 10.1. The number of rotatable bonds is 5. The van der Waals surface area contributed by atoms with Crippen LogP contribution in [0.2, 0.25) is 0 Å². The van der Waals surface area contributed by atoms with Crippen LogP contribution in [0.15, 0.2) is 23.1 Å². The Balaban J connectivity index is 2.48. The van der Waals surface area contributed by atoms with E-state index in [2.05, 4.69) is 14.9 Å². The minimum absolute atomic E-state index is 0.0718. The molecule has 2 rings (SSSR count). The second-order valence-electron chi connectivity index (χ2n) is 5.51. The molecule has 0 saturated heterocycles. The first-order valence-electron chi connectivity index (χ1n) is 6.97. The van der Waals surface area contributed by atoms with Crippen molar-refractivity contribution < 1.29 is 18.3 Å². The van der Waals surface area contributed by atoms with Crippen molar-refractivity contribution in [3.05, 3.63) is 46.3 Å². The second-order valence-corrected chi connectivity index (χ2v) is 7.19. The van der Waals surface area contributed by atoms with E-state index in [9.17, 15) is 18.3 Å². The second kappa shape index (κ2) is 6.13. The predicted molar refractivity (Wildman–Crippen MR) is 84.7 cm³/mol. The molecule has 3 N–H and O–H groups in total. The molecule has 0 amide bonds. The smallest absolute Gasteiger partial charge is 0.326 e. The third-order valence-corrected chi connectivity index (χ3v) is 5.19. The van der Waals surface area contributed by atoms with E-state index in [0.717, 1.165) is 5.56 Å². The largest absolute Gasteiger partial charge is 0.480 e. The van der Waals surface area contributed by atoms with Gasteiger partial charge in [-0.05, 0) is 44.9 Å². The first-order valence-corrected chi connectivity index (χ1v) is 8.45. The Kier molecular flexibility index (Phi) is 4.58. The van der Waals surface area contributed by atoms with Gasteiger partial charge in [0, 0.05) is 11.3 Å². The Morgan fingerprint density at radius 1 is 1.26 bits per heavy atom. The minimum Gasteiger partial charge on any atom is -0.480 e. The molecule has 0 aliphatic rings. The van der Waals surface area contributed by atoms with Crippen LogP contribution >= 0.6 is 0 Å². The zero-order chi connectivity index (χ0) is 17.4. The van der Waals surface area contributed by atoms with Crippen molar-refractivity contribution >= 4 is 16.0 Å². The Morgan fingerprint density at radius 2 is 1.91 bits per heavy atom. The highest BCUT2D eigenvalue weighted by Gasteiger charge is 2.31. The number of carboxylic acids is 1. The molecule has 0 radical (unpaired) electrons. The highest BCUT2D eigenvalue weighted by molar-refractivity contribution is 7.89. The number of carboxylic acid groups (broad SMARTS) is 1. The Labute approximate surface area is 134 Å². The van der Waals surface area contributed by atoms with Gasteiger partial charge in [0.05, 0.1) is 10.6 Å². The fourth-order valence-electron chi connectivity index (χ4n) is 2.43. The van der Waals surface area contributed by atoms with Crippen LogP contribution in [0, 0.1) is 27.7 Å². The lowest BCUT2D eigenvalue weighted by Crippen LogP contribution is -2.34. The van der Waals surface area contributed by atoms with Gasteiger partial charge in [0.15, 0.2) is 0 Å². The van der Waals surface area contributed by atoms with Crippen LogP contribution in [0.3, 0.4) is 0 Å². The number of hydrogen-bond donors (Lipinski definition) is 3. The van der Waals surface area contributed by atoms with Gasteiger partial charge in [0.25, 0.3) is 0 Å². The van der Waals surface area contributed by atoms with Crippen LogP contribution in [0.25, 0.3) is 0 Å². The van der Waals surface area contributed by atoms with E-state index in [-0.39, 0.29) is 4.90 Å². The average Bonchev–Trinajstić information content (AvgIpc) is 2.78. The maximum Gasteiger partial charge on any atom is 0.326 e. The molecule has 0 aliphatic carbocycles. The van der Waals surface area contributed by atoms with Crippen molar-refractivity contribution in [2.24, 2.45) is 0 Å². The Bertz CT molecular complexity index is 836. The standard InChI is InChI=1S/C15H19N3O4S/c1-8-5-6-9(2)12(7-8)23(21,22)18-14(15(19)20)13-10(3)16-17-11(13)4/h5-7,14,18H,1-4H3,(H,16,17)(H,19,20). The van der Waals surface area contributed by atoms with Gasteiger partial charge in [-0.1, -0.05) is 12.1 Å². The van der Waals surface area contributed by atoms with Crippen molar-refractivity contribution in [1.29, 1.82) is 0 Å². The number of aromatic nitrogens is 2. The summed E-state index contributed by atoms with van der Waals surface area (Å²) in [6.45, 7) is 6.72. The number of aliphatic carboxylic acids is 1. The van der Waals surface area contributed by atoms with Gasteiger partial charge < -0.3 is 5.11 Å². The van der Waals surface area contributed by atoms with Crippen LogP contribution in [0.4, 0.5) is 0 Å². The molecule has 0 fully saturated rings. The maximum atomic E-state index is 12.6. The Hall–Kier alpha value is -2.19. The van der Waals surface area contributed by atoms with E-state index < -0.39 is 22.0 Å². The summed E-state index contributed by atoms with van der Waals surface area (Å²) in [5, 5.41) is 16.1. The topological polar surface area (TPSA) is 112 Å². The van der Waals surface area contributed by atoms with Crippen LogP contribution in [0.5, 0.6) is 0 Å². The molecule has 0 bridgehead atoms. The summed E-state index contributed by atoms with van der Waals surface area (Å²) in [5.74, 6) is -1.29. The number of carbonyl (C=O) groups is 1. The Morgan fingerprint density at radius 3 is 2.43 bits per heavy atom. The first kappa shape index (κ1) is 17.2. The molecule has 23 heavy (non-hydrogen) atoms. The molecular weight excluding hydrogens is 318 g/mol. The van der Waals surface area contributed by atoms with Crippen molar-refractivity contribution in [3.8, 4) is 0 Å². The molecule has 8 heteroatoms. The van der Waals surface area contributed by atoms with Crippen LogP contribution in [0.1, 0.15) is 34.1 Å². The summed E-state index contributed by atoms with van der Waals surface area (Å²) in [4.78, 5) is 11.7. The van der Waals surface area contributed by atoms with E-state index >= 15 is 0 Å². The van der Waals surface area contributed by atoms with Crippen molar-refractivity contribution in [2.75, 3.05) is 0 Å². The molecule has 124 valence electrons. The zero-order valence-corrected chi connectivity index (χ0v) is 14.2. The van der Waals surface area contributed by atoms with E-state index in [4.69, 9.17) is 0 Å². The minimum atomic E-state index is -3.99. The number of aromatic amines is 1. The summed E-state index contributed by atoms with van der Waals surface area (Å²) in [6, 6.07) is 3.60. The molecule has 0 saturated carbocycles. The number of nitrogens with zero attached hydrogens (tertiary/aromatic N) is 1. The van der Waals surface area contributed by atoms with Crippen molar-refractivity contribution in [1.82, 2.24) is 14.9 Å². The quantitative estimate of drug-likeness (QED) is 0.769. The highest BCUT2D eigenvalue weighted by atomic mass is 32.2. The van der Waals surface area contributed by atoms with Gasteiger partial charge in [-0.25, -0.2) is 8.42 Å². The summed E-state index contributed by atoms with van der Waals surface area (Å²) in [7, 11) is -3.99. The summed E-state index contributed by atoms with van der Waals surface area (Å²) in [6.07, 6.45) is 0. The van der Waals surface area contributed by atoms with E-state index in [1.807, 2.05) is 0 Å². The third kappa shape index (κ3) is 3.43. The molecule has 1 unspecified atom stereocenters. The molecule has 1 heterocycles. The number of benzene rings is 1. The van der Waals surface area contributed by atoms with Gasteiger partial charge in [0.1, 0.15) is 6.04 Å². The molecule has 7 nitrogen and oxygen atoms in total. The maximum absolute atomic E-state index is 12.6. The van der Waals surface area contributed by atoms with Gasteiger partial charge in [-0.3, -0.25) is 9.89 Å². The van der Waals surface area contributed by atoms with Crippen LogP contribution in [-0.4, -0.2) is 29.7 Å². The fraction of sp³-hybridized carbons (Fsp3) is 0.333. The molecule has 0 aliphatic heterocycles. The monoisotopic (exact) mass is 337 g/mol. The number of H-pyrrole nitrogens is 1. The highest BCUT2D eigenvalue weighted by Crippen LogP contribution is 2.24. The SMILES string of the molecule is Cc1ccc(C)c(S(=O)(=O)NC(C(=O)O)c2c(C)n[nH]c2C)c1. The van der Waals surface area contributed by atoms with Crippen LogP contribution < -0.4 is 4.72 Å². The number of aryl methyl sites for hydroxylation is 4. The molecule has 1 aromatic carbocycles. The van der Waals surface area contributed by atoms with E-state index in [1.54, 1.807) is 39.8 Å². The number of nitrogens with one attached hydrogen (secondary N) is 2.